The number of piperazine rings is 1. The zero-order valence-electron chi connectivity index (χ0n) is 9.73. The number of nitrogens with zero attached hydrogens (tertiary/aromatic N) is 1. The fourth-order valence-corrected chi connectivity index (χ4v) is 1.72. The van der Waals surface area contributed by atoms with E-state index in [1.54, 1.807) is 0 Å². The van der Waals surface area contributed by atoms with Crippen molar-refractivity contribution in [2.24, 2.45) is 0 Å². The molecule has 1 rings (SSSR count). The molecular formula is C10H15F3N2O2. The maximum Gasteiger partial charge on any atom is 0.389 e. The Morgan fingerprint density at radius 2 is 2.06 bits per heavy atom. The van der Waals surface area contributed by atoms with Gasteiger partial charge in [0.2, 0.25) is 11.8 Å². The monoisotopic (exact) mass is 252 g/mol. The lowest BCUT2D eigenvalue weighted by Crippen LogP contribution is -2.63. The van der Waals surface area contributed by atoms with Gasteiger partial charge in [0, 0.05) is 19.5 Å². The molecule has 1 N–H and O–H groups in total. The lowest BCUT2D eigenvalue weighted by molar-refractivity contribution is -0.157. The van der Waals surface area contributed by atoms with Gasteiger partial charge < -0.3 is 10.2 Å². The van der Waals surface area contributed by atoms with Gasteiger partial charge in [-0.15, -0.1) is 0 Å². The van der Waals surface area contributed by atoms with Crippen LogP contribution < -0.4 is 5.32 Å². The Bertz CT molecular complexity index is 326. The van der Waals surface area contributed by atoms with Crippen LogP contribution in [-0.4, -0.2) is 41.5 Å². The van der Waals surface area contributed by atoms with E-state index in [0.29, 0.717) is 0 Å². The van der Waals surface area contributed by atoms with Crippen molar-refractivity contribution in [3.63, 3.8) is 0 Å². The van der Waals surface area contributed by atoms with Gasteiger partial charge in [-0.1, -0.05) is 0 Å². The first-order valence-electron chi connectivity index (χ1n) is 5.30. The zero-order valence-corrected chi connectivity index (χ0v) is 9.73. The largest absolute Gasteiger partial charge is 0.389 e. The topological polar surface area (TPSA) is 49.4 Å². The Balaban J connectivity index is 2.65. The summed E-state index contributed by atoms with van der Waals surface area (Å²) in [4.78, 5) is 24.4. The average Bonchev–Trinajstić information content (AvgIpc) is 2.17. The van der Waals surface area contributed by atoms with Crippen molar-refractivity contribution in [2.75, 3.05) is 13.1 Å². The maximum absolute atomic E-state index is 12.0. The molecule has 1 aliphatic heterocycles. The molecule has 0 aliphatic carbocycles. The van der Waals surface area contributed by atoms with E-state index in [4.69, 9.17) is 0 Å². The normalized spacial score (nSPS) is 20.1. The lowest BCUT2D eigenvalue weighted by atomic mass is 9.98. The lowest BCUT2D eigenvalue weighted by Gasteiger charge is -2.41. The molecular weight excluding hydrogens is 237 g/mol. The second-order valence-corrected chi connectivity index (χ2v) is 4.48. The summed E-state index contributed by atoms with van der Waals surface area (Å²) in [7, 11) is 0. The van der Waals surface area contributed by atoms with Crippen LogP contribution in [-0.2, 0) is 9.59 Å². The van der Waals surface area contributed by atoms with E-state index in [2.05, 4.69) is 5.32 Å². The van der Waals surface area contributed by atoms with Crippen molar-refractivity contribution in [3.05, 3.63) is 0 Å². The van der Waals surface area contributed by atoms with Crippen LogP contribution in [0.25, 0.3) is 0 Å². The SMILES string of the molecule is CC1(C)C(=O)NCCN1C(=O)CCC(F)(F)F. The van der Waals surface area contributed by atoms with Crippen molar-refractivity contribution in [1.82, 2.24) is 10.2 Å². The minimum atomic E-state index is -4.35. The summed E-state index contributed by atoms with van der Waals surface area (Å²) in [6.45, 7) is 3.56. The Kier molecular flexibility index (Phi) is 3.68. The molecule has 98 valence electrons. The van der Waals surface area contributed by atoms with Crippen LogP contribution in [0.3, 0.4) is 0 Å². The standard InChI is InChI=1S/C10H15F3N2O2/c1-9(2)8(17)14-5-6-15(9)7(16)3-4-10(11,12)13/h3-6H2,1-2H3,(H,14,17). The van der Waals surface area contributed by atoms with Gasteiger partial charge in [0.1, 0.15) is 5.54 Å². The summed E-state index contributed by atoms with van der Waals surface area (Å²) in [5, 5.41) is 2.57. The predicted octanol–water partition coefficient (Wildman–Crippen LogP) is 1.07. The van der Waals surface area contributed by atoms with Gasteiger partial charge in [-0.3, -0.25) is 9.59 Å². The molecule has 1 aliphatic rings. The number of hydrogen-bond acceptors (Lipinski definition) is 2. The summed E-state index contributed by atoms with van der Waals surface area (Å²) in [6.07, 6.45) is -6.11. The first-order chi connectivity index (χ1) is 7.64. The molecule has 17 heavy (non-hydrogen) atoms. The zero-order chi connectivity index (χ0) is 13.3. The minimum absolute atomic E-state index is 0.245. The van der Waals surface area contributed by atoms with Gasteiger partial charge in [0.15, 0.2) is 0 Å². The predicted molar refractivity (Wildman–Crippen MR) is 54.1 cm³/mol. The molecule has 0 spiro atoms. The minimum Gasteiger partial charge on any atom is -0.352 e. The average molecular weight is 252 g/mol. The van der Waals surface area contributed by atoms with Crippen LogP contribution in [0.5, 0.6) is 0 Å². The number of halogens is 3. The highest BCUT2D eigenvalue weighted by atomic mass is 19.4. The third kappa shape index (κ3) is 3.34. The molecule has 1 heterocycles. The molecule has 1 fully saturated rings. The van der Waals surface area contributed by atoms with Crippen LogP contribution in [0.15, 0.2) is 0 Å². The van der Waals surface area contributed by atoms with Crippen molar-refractivity contribution in [2.45, 2.75) is 38.4 Å². The van der Waals surface area contributed by atoms with E-state index in [1.807, 2.05) is 0 Å². The van der Waals surface area contributed by atoms with Crippen molar-refractivity contribution in [3.8, 4) is 0 Å². The molecule has 0 atom stereocenters. The van der Waals surface area contributed by atoms with Crippen LogP contribution in [0.1, 0.15) is 26.7 Å². The fraction of sp³-hybridized carbons (Fsp3) is 0.800. The number of hydrogen-bond donors (Lipinski definition) is 1. The summed E-state index contributed by atoms with van der Waals surface area (Å²) < 4.78 is 36.0. The number of carbonyl (C=O) groups is 2. The molecule has 0 aromatic carbocycles. The highest BCUT2D eigenvalue weighted by Gasteiger charge is 2.41. The number of alkyl halides is 3. The highest BCUT2D eigenvalue weighted by Crippen LogP contribution is 2.24. The van der Waals surface area contributed by atoms with E-state index in [0.717, 1.165) is 0 Å². The summed E-state index contributed by atoms with van der Waals surface area (Å²) in [5.74, 6) is -0.980. The molecule has 2 amide bonds. The molecule has 0 bridgehead atoms. The van der Waals surface area contributed by atoms with E-state index < -0.39 is 30.5 Å². The molecule has 1 saturated heterocycles. The first-order valence-corrected chi connectivity index (χ1v) is 5.30. The molecule has 7 heteroatoms. The quantitative estimate of drug-likeness (QED) is 0.799. The Morgan fingerprint density at radius 3 is 2.59 bits per heavy atom. The fourth-order valence-electron chi connectivity index (χ4n) is 1.72. The Morgan fingerprint density at radius 1 is 1.47 bits per heavy atom. The smallest absolute Gasteiger partial charge is 0.352 e. The van der Waals surface area contributed by atoms with Gasteiger partial charge in [0.05, 0.1) is 6.42 Å². The van der Waals surface area contributed by atoms with E-state index in [9.17, 15) is 22.8 Å². The molecule has 0 unspecified atom stereocenters. The van der Waals surface area contributed by atoms with Crippen molar-refractivity contribution < 1.29 is 22.8 Å². The highest BCUT2D eigenvalue weighted by molar-refractivity contribution is 5.91. The number of amides is 2. The maximum atomic E-state index is 12.0. The first kappa shape index (κ1) is 13.8. The van der Waals surface area contributed by atoms with Gasteiger partial charge in [-0.25, -0.2) is 0 Å². The second kappa shape index (κ2) is 4.54. The molecule has 0 radical (unpaired) electrons. The molecule has 4 nitrogen and oxygen atoms in total. The van der Waals surface area contributed by atoms with Crippen LogP contribution in [0.2, 0.25) is 0 Å². The molecule has 0 aromatic heterocycles. The van der Waals surface area contributed by atoms with Crippen molar-refractivity contribution in [1.29, 1.82) is 0 Å². The van der Waals surface area contributed by atoms with Crippen molar-refractivity contribution >= 4 is 11.8 Å². The summed E-state index contributed by atoms with van der Waals surface area (Å²) >= 11 is 0. The number of nitrogens with one attached hydrogen (secondary N) is 1. The third-order valence-corrected chi connectivity index (χ3v) is 2.77. The Hall–Kier alpha value is -1.27. The number of rotatable bonds is 2. The third-order valence-electron chi connectivity index (χ3n) is 2.77. The van der Waals surface area contributed by atoms with Crippen LogP contribution >= 0.6 is 0 Å². The van der Waals surface area contributed by atoms with Gasteiger partial charge >= 0.3 is 6.18 Å². The van der Waals surface area contributed by atoms with Crippen LogP contribution in [0, 0.1) is 0 Å². The van der Waals surface area contributed by atoms with E-state index >= 15 is 0 Å². The van der Waals surface area contributed by atoms with Gasteiger partial charge in [-0.05, 0) is 13.8 Å². The van der Waals surface area contributed by atoms with Crippen LogP contribution in [0.4, 0.5) is 13.2 Å². The van der Waals surface area contributed by atoms with Gasteiger partial charge in [0.25, 0.3) is 0 Å². The molecule has 0 aromatic rings. The Labute approximate surface area is 97.1 Å². The number of carbonyl (C=O) groups excluding carboxylic acids is 2. The van der Waals surface area contributed by atoms with Gasteiger partial charge in [-0.2, -0.15) is 13.2 Å². The molecule has 0 saturated carbocycles. The summed E-state index contributed by atoms with van der Waals surface area (Å²) in [5.41, 5.74) is -1.08. The van der Waals surface area contributed by atoms with E-state index in [-0.39, 0.29) is 19.0 Å². The van der Waals surface area contributed by atoms with E-state index in [1.165, 1.54) is 18.7 Å². The second-order valence-electron chi connectivity index (χ2n) is 4.48. The summed E-state index contributed by atoms with van der Waals surface area (Å²) in [6, 6.07) is 0.